The maximum atomic E-state index is 13.7. The number of halogens is 2. The normalized spacial score (nSPS) is 11.5. The van der Waals surface area contributed by atoms with Crippen LogP contribution in [0.4, 0.5) is 8.78 Å². The highest BCUT2D eigenvalue weighted by Crippen LogP contribution is 2.12. The standard InChI is InChI=1S/C21H23F2N5/c1-24-21(25-12-10-18-19(22)8-4-9-20(18)23)26-14-16-6-2-3-7-17(16)15-28-13-5-11-27-28/h2-9,11,13H,10,12,14-15H2,1H3,(H2,24,25,26). The fraction of sp³-hybridized carbons (Fsp3) is 0.238. The Kier molecular flexibility index (Phi) is 6.73. The highest BCUT2D eigenvalue weighted by molar-refractivity contribution is 5.79. The first-order chi connectivity index (χ1) is 13.7. The van der Waals surface area contributed by atoms with Crippen LogP contribution < -0.4 is 10.6 Å². The van der Waals surface area contributed by atoms with Gasteiger partial charge in [0.05, 0.1) is 6.54 Å². The molecule has 5 nitrogen and oxygen atoms in total. The summed E-state index contributed by atoms with van der Waals surface area (Å²) in [4.78, 5) is 4.17. The van der Waals surface area contributed by atoms with Crippen molar-refractivity contribution in [3.05, 3.63) is 89.2 Å². The molecule has 3 aromatic rings. The van der Waals surface area contributed by atoms with Crippen molar-refractivity contribution in [3.8, 4) is 0 Å². The molecule has 0 aliphatic carbocycles. The van der Waals surface area contributed by atoms with Gasteiger partial charge in [0.15, 0.2) is 5.96 Å². The Hall–Kier alpha value is -3.22. The first-order valence-electron chi connectivity index (χ1n) is 9.09. The molecule has 7 heteroatoms. The van der Waals surface area contributed by atoms with Gasteiger partial charge in [-0.15, -0.1) is 0 Å². The van der Waals surface area contributed by atoms with Crippen molar-refractivity contribution in [2.24, 2.45) is 4.99 Å². The molecule has 0 aliphatic rings. The second kappa shape index (κ2) is 9.64. The van der Waals surface area contributed by atoms with E-state index in [4.69, 9.17) is 0 Å². The molecule has 28 heavy (non-hydrogen) atoms. The number of benzene rings is 2. The van der Waals surface area contributed by atoms with Crippen molar-refractivity contribution in [3.63, 3.8) is 0 Å². The smallest absolute Gasteiger partial charge is 0.191 e. The monoisotopic (exact) mass is 383 g/mol. The van der Waals surface area contributed by atoms with Gasteiger partial charge in [-0.2, -0.15) is 5.10 Å². The molecule has 0 spiro atoms. The maximum absolute atomic E-state index is 13.7. The maximum Gasteiger partial charge on any atom is 0.191 e. The van der Waals surface area contributed by atoms with Crippen molar-refractivity contribution < 1.29 is 8.78 Å². The minimum atomic E-state index is -0.530. The second-order valence-corrected chi connectivity index (χ2v) is 6.28. The Bertz CT molecular complexity index is 902. The molecule has 146 valence electrons. The van der Waals surface area contributed by atoms with Gasteiger partial charge in [-0.05, 0) is 35.7 Å². The van der Waals surface area contributed by atoms with Gasteiger partial charge >= 0.3 is 0 Å². The van der Waals surface area contributed by atoms with Crippen LogP contribution in [0.15, 0.2) is 65.9 Å². The van der Waals surface area contributed by atoms with Crippen molar-refractivity contribution in [2.45, 2.75) is 19.5 Å². The van der Waals surface area contributed by atoms with E-state index in [1.165, 1.54) is 18.2 Å². The van der Waals surface area contributed by atoms with Gasteiger partial charge < -0.3 is 10.6 Å². The summed E-state index contributed by atoms with van der Waals surface area (Å²) < 4.78 is 29.3. The quantitative estimate of drug-likeness (QED) is 0.487. The lowest BCUT2D eigenvalue weighted by Gasteiger charge is -2.14. The zero-order valence-corrected chi connectivity index (χ0v) is 15.7. The first-order valence-corrected chi connectivity index (χ1v) is 9.09. The van der Waals surface area contributed by atoms with Crippen LogP contribution in [0.2, 0.25) is 0 Å². The summed E-state index contributed by atoms with van der Waals surface area (Å²) in [5, 5.41) is 10.6. The number of aliphatic imine (C=N–C) groups is 1. The molecular weight excluding hydrogens is 360 g/mol. The summed E-state index contributed by atoms with van der Waals surface area (Å²) >= 11 is 0. The molecule has 0 atom stereocenters. The highest BCUT2D eigenvalue weighted by atomic mass is 19.1. The summed E-state index contributed by atoms with van der Waals surface area (Å²) in [5.41, 5.74) is 2.36. The Morgan fingerprint density at radius 2 is 1.75 bits per heavy atom. The molecule has 0 saturated carbocycles. The van der Waals surface area contributed by atoms with Crippen LogP contribution >= 0.6 is 0 Å². The van der Waals surface area contributed by atoms with Gasteiger partial charge in [0.1, 0.15) is 11.6 Å². The average Bonchev–Trinajstić information content (AvgIpc) is 3.21. The number of aromatic nitrogens is 2. The summed E-state index contributed by atoms with van der Waals surface area (Å²) in [6.45, 7) is 1.63. The van der Waals surface area contributed by atoms with Crippen molar-refractivity contribution >= 4 is 5.96 Å². The van der Waals surface area contributed by atoms with Crippen LogP contribution in [0.5, 0.6) is 0 Å². The minimum Gasteiger partial charge on any atom is -0.356 e. The Morgan fingerprint density at radius 1 is 1.00 bits per heavy atom. The fourth-order valence-corrected chi connectivity index (χ4v) is 2.93. The SMILES string of the molecule is CN=C(NCCc1c(F)cccc1F)NCc1ccccc1Cn1cccn1. The van der Waals surface area contributed by atoms with Crippen molar-refractivity contribution in [1.82, 2.24) is 20.4 Å². The molecule has 1 aromatic heterocycles. The number of nitrogens with zero attached hydrogens (tertiary/aromatic N) is 3. The van der Waals surface area contributed by atoms with Gasteiger partial charge in [-0.1, -0.05) is 30.3 Å². The predicted molar refractivity (Wildman–Crippen MR) is 106 cm³/mol. The van der Waals surface area contributed by atoms with E-state index < -0.39 is 11.6 Å². The molecule has 0 aliphatic heterocycles. The zero-order valence-electron chi connectivity index (χ0n) is 15.7. The Morgan fingerprint density at radius 3 is 2.43 bits per heavy atom. The lowest BCUT2D eigenvalue weighted by molar-refractivity contribution is 0.553. The number of nitrogens with one attached hydrogen (secondary N) is 2. The molecule has 0 amide bonds. The van der Waals surface area contributed by atoms with Crippen LogP contribution in [-0.2, 0) is 19.5 Å². The second-order valence-electron chi connectivity index (χ2n) is 6.28. The van der Waals surface area contributed by atoms with Crippen molar-refractivity contribution in [2.75, 3.05) is 13.6 Å². The van der Waals surface area contributed by atoms with Gasteiger partial charge in [0.25, 0.3) is 0 Å². The summed E-state index contributed by atoms with van der Waals surface area (Å²) in [5.74, 6) is -0.486. The molecule has 0 unspecified atom stereocenters. The average molecular weight is 383 g/mol. The van der Waals surface area contributed by atoms with E-state index in [2.05, 4.69) is 26.8 Å². The van der Waals surface area contributed by atoms with Gasteiger partial charge in [-0.3, -0.25) is 9.67 Å². The number of hydrogen-bond donors (Lipinski definition) is 2. The molecule has 2 N–H and O–H groups in total. The summed E-state index contributed by atoms with van der Waals surface area (Å²) in [7, 11) is 1.66. The molecule has 0 radical (unpaired) electrons. The number of rotatable bonds is 7. The van der Waals surface area contributed by atoms with Gasteiger partial charge in [0.2, 0.25) is 0 Å². The molecular formula is C21H23F2N5. The molecule has 1 heterocycles. The minimum absolute atomic E-state index is 0.0787. The van der Waals surface area contributed by atoms with Gasteiger partial charge in [0, 0.05) is 38.1 Å². The highest BCUT2D eigenvalue weighted by Gasteiger charge is 2.09. The van der Waals surface area contributed by atoms with E-state index in [1.54, 1.807) is 13.2 Å². The predicted octanol–water partition coefficient (Wildman–Crippen LogP) is 3.12. The van der Waals surface area contributed by atoms with E-state index in [1.807, 2.05) is 35.1 Å². The molecule has 2 aromatic carbocycles. The summed E-state index contributed by atoms with van der Waals surface area (Å²) in [6, 6.07) is 13.9. The van der Waals surface area contributed by atoms with Gasteiger partial charge in [-0.25, -0.2) is 8.78 Å². The van der Waals surface area contributed by atoms with Crippen LogP contribution in [0.3, 0.4) is 0 Å². The van der Waals surface area contributed by atoms with Crippen molar-refractivity contribution in [1.29, 1.82) is 0 Å². The van der Waals surface area contributed by atoms with E-state index >= 15 is 0 Å². The molecule has 3 rings (SSSR count). The molecule has 0 saturated heterocycles. The lowest BCUT2D eigenvalue weighted by Crippen LogP contribution is -2.38. The lowest BCUT2D eigenvalue weighted by atomic mass is 10.1. The third-order valence-corrected chi connectivity index (χ3v) is 4.41. The topological polar surface area (TPSA) is 54.2 Å². The van der Waals surface area contributed by atoms with E-state index in [0.29, 0.717) is 25.6 Å². The van der Waals surface area contributed by atoms with E-state index in [-0.39, 0.29) is 12.0 Å². The summed E-state index contributed by atoms with van der Waals surface area (Å²) in [6.07, 6.45) is 3.91. The Balaban J connectivity index is 1.55. The van der Waals surface area contributed by atoms with Crippen LogP contribution in [0.1, 0.15) is 16.7 Å². The van der Waals surface area contributed by atoms with E-state index in [0.717, 1.165) is 11.1 Å². The molecule has 0 bridgehead atoms. The van der Waals surface area contributed by atoms with E-state index in [9.17, 15) is 8.78 Å². The Labute approximate surface area is 163 Å². The number of guanidine groups is 1. The van der Waals surface area contributed by atoms with Crippen LogP contribution in [0, 0.1) is 11.6 Å². The third-order valence-electron chi connectivity index (χ3n) is 4.41. The molecule has 0 fully saturated rings. The first kappa shape index (κ1) is 19.5. The van der Waals surface area contributed by atoms with Crippen LogP contribution in [-0.4, -0.2) is 29.3 Å². The largest absolute Gasteiger partial charge is 0.356 e. The number of hydrogen-bond acceptors (Lipinski definition) is 2. The van der Waals surface area contributed by atoms with Crippen LogP contribution in [0.25, 0.3) is 0 Å². The third kappa shape index (κ3) is 5.16. The fourth-order valence-electron chi connectivity index (χ4n) is 2.93. The zero-order chi connectivity index (χ0) is 19.8.